The zero-order chi connectivity index (χ0) is 14.0. The van der Waals surface area contributed by atoms with Gasteiger partial charge in [-0.15, -0.1) is 0 Å². The molecule has 1 aromatic heterocycles. The number of hydrogen-bond donors (Lipinski definition) is 1. The fraction of sp³-hybridized carbons (Fsp3) is 0.444. The maximum atomic E-state index is 11.9. The van der Waals surface area contributed by atoms with Gasteiger partial charge in [-0.3, -0.25) is 4.98 Å². The first-order valence-corrected chi connectivity index (χ1v) is 4.72. The van der Waals surface area contributed by atoms with Crippen LogP contribution in [0.2, 0.25) is 0 Å². The van der Waals surface area contributed by atoms with E-state index < -0.39 is 25.7 Å². The summed E-state index contributed by atoms with van der Waals surface area (Å²) in [7, 11) is 0. The van der Waals surface area contributed by atoms with Gasteiger partial charge < -0.3 is 9.84 Å². The highest BCUT2D eigenvalue weighted by Gasteiger charge is 2.10. The molecule has 0 aliphatic rings. The molecule has 0 fully saturated rings. The van der Waals surface area contributed by atoms with Crippen LogP contribution in [0, 0.1) is 0 Å². The SMILES string of the molecule is [2H]C([2H])(CC([2H])(O)c1ccc(Br)cn1)OC(F)F. The lowest BCUT2D eigenvalue weighted by Crippen LogP contribution is -2.07. The first-order valence-electron chi connectivity index (χ1n) is 5.43. The lowest BCUT2D eigenvalue weighted by molar-refractivity contribution is -0.133. The standard InChI is InChI=1S/C9H10BrF2NO2/c10-6-1-2-7(13-5-6)8(14)3-4-15-9(11)12/h1-2,5,8-9,14H,3-4H2/i4D2,8D. The first kappa shape index (κ1) is 8.55. The van der Waals surface area contributed by atoms with Crippen LogP contribution in [0.3, 0.4) is 0 Å². The van der Waals surface area contributed by atoms with E-state index in [9.17, 15) is 13.9 Å². The van der Waals surface area contributed by atoms with E-state index >= 15 is 0 Å². The topological polar surface area (TPSA) is 42.4 Å². The zero-order valence-corrected chi connectivity index (χ0v) is 9.04. The molecule has 1 N–H and O–H groups in total. The molecular formula is C9H10BrF2NO2. The van der Waals surface area contributed by atoms with E-state index in [-0.39, 0.29) is 5.69 Å². The third-order valence-corrected chi connectivity index (χ3v) is 1.90. The zero-order valence-electron chi connectivity index (χ0n) is 10.5. The maximum absolute atomic E-state index is 11.9. The molecule has 1 atom stereocenters. The number of rotatable bonds is 5. The van der Waals surface area contributed by atoms with E-state index in [1.165, 1.54) is 18.3 Å². The summed E-state index contributed by atoms with van der Waals surface area (Å²) >= 11 is 3.10. The number of pyridine rings is 1. The molecule has 1 heterocycles. The minimum atomic E-state index is -3.33. The lowest BCUT2D eigenvalue weighted by atomic mass is 10.2. The van der Waals surface area contributed by atoms with E-state index in [0.29, 0.717) is 4.47 Å². The molecule has 0 aliphatic heterocycles. The van der Waals surface area contributed by atoms with Gasteiger partial charge in [-0.2, -0.15) is 8.78 Å². The summed E-state index contributed by atoms with van der Waals surface area (Å²) in [4.78, 5) is 3.72. The number of nitrogens with zero attached hydrogens (tertiary/aromatic N) is 1. The molecule has 1 unspecified atom stereocenters. The van der Waals surface area contributed by atoms with Crippen LogP contribution >= 0.6 is 15.9 Å². The number of ether oxygens (including phenoxy) is 1. The molecule has 84 valence electrons. The highest BCUT2D eigenvalue weighted by Crippen LogP contribution is 2.16. The smallest absolute Gasteiger partial charge is 0.345 e. The minimum absolute atomic E-state index is 0.160. The van der Waals surface area contributed by atoms with Crippen LogP contribution in [-0.4, -0.2) is 23.3 Å². The van der Waals surface area contributed by atoms with E-state index in [4.69, 9.17) is 4.11 Å². The van der Waals surface area contributed by atoms with Gasteiger partial charge in [0.05, 0.1) is 22.4 Å². The highest BCUT2D eigenvalue weighted by molar-refractivity contribution is 9.10. The van der Waals surface area contributed by atoms with Crippen molar-refractivity contribution < 1.29 is 22.7 Å². The third-order valence-electron chi connectivity index (χ3n) is 1.44. The van der Waals surface area contributed by atoms with Crippen molar-refractivity contribution in [2.75, 3.05) is 6.56 Å². The fourth-order valence-corrected chi connectivity index (χ4v) is 1.04. The monoisotopic (exact) mass is 284 g/mol. The van der Waals surface area contributed by atoms with Crippen molar-refractivity contribution in [3.05, 3.63) is 28.5 Å². The van der Waals surface area contributed by atoms with E-state index in [2.05, 4.69) is 25.7 Å². The molecule has 0 bridgehead atoms. The summed E-state index contributed by atoms with van der Waals surface area (Å²) in [6.07, 6.45) is -2.14. The molecular weight excluding hydrogens is 272 g/mol. The molecule has 1 aromatic rings. The number of alkyl halides is 2. The van der Waals surface area contributed by atoms with Crippen LogP contribution in [0.4, 0.5) is 8.78 Å². The van der Waals surface area contributed by atoms with Gasteiger partial charge in [-0.25, -0.2) is 0 Å². The van der Waals surface area contributed by atoms with Gasteiger partial charge in [-0.1, -0.05) is 0 Å². The summed E-state index contributed by atoms with van der Waals surface area (Å²) in [6.45, 7) is -6.16. The van der Waals surface area contributed by atoms with Crippen molar-refractivity contribution in [2.24, 2.45) is 0 Å². The summed E-state index contributed by atoms with van der Waals surface area (Å²) in [6, 6.07) is 2.78. The lowest BCUT2D eigenvalue weighted by Gasteiger charge is -2.09. The first-order chi connectivity index (χ1) is 8.12. The van der Waals surface area contributed by atoms with Crippen LogP contribution in [-0.2, 0) is 4.74 Å². The molecule has 0 saturated heterocycles. The van der Waals surface area contributed by atoms with Crippen molar-refractivity contribution in [2.45, 2.75) is 19.1 Å². The number of aliphatic hydroxyl groups is 1. The predicted molar refractivity (Wildman–Crippen MR) is 53.5 cm³/mol. The quantitative estimate of drug-likeness (QED) is 0.903. The van der Waals surface area contributed by atoms with Crippen LogP contribution in [0.5, 0.6) is 0 Å². The van der Waals surface area contributed by atoms with Crippen LogP contribution in [0.1, 0.15) is 22.3 Å². The Labute approximate surface area is 98.4 Å². The number of hydrogen-bond acceptors (Lipinski definition) is 3. The highest BCUT2D eigenvalue weighted by atomic mass is 79.9. The average Bonchev–Trinajstić information content (AvgIpc) is 2.13. The Morgan fingerprint density at radius 3 is 2.93 bits per heavy atom. The average molecular weight is 285 g/mol. The Morgan fingerprint density at radius 2 is 2.40 bits per heavy atom. The Hall–Kier alpha value is -0.590. The summed E-state index contributed by atoms with van der Waals surface area (Å²) in [5.41, 5.74) is -0.160. The van der Waals surface area contributed by atoms with Gasteiger partial charge >= 0.3 is 6.61 Å². The van der Waals surface area contributed by atoms with Crippen molar-refractivity contribution in [1.29, 1.82) is 0 Å². The Kier molecular flexibility index (Phi) is 3.47. The molecule has 15 heavy (non-hydrogen) atoms. The van der Waals surface area contributed by atoms with Crippen LogP contribution < -0.4 is 0 Å². The Bertz CT molecular complexity index is 403. The van der Waals surface area contributed by atoms with Crippen molar-refractivity contribution in [1.82, 2.24) is 4.98 Å². The summed E-state index contributed by atoms with van der Waals surface area (Å²) in [5, 5.41) is 9.75. The molecule has 6 heteroatoms. The number of halogens is 3. The predicted octanol–water partition coefficient (Wildman–Crippen LogP) is 2.51. The largest absolute Gasteiger partial charge is 0.387 e. The fourth-order valence-electron chi connectivity index (χ4n) is 0.810. The van der Waals surface area contributed by atoms with Crippen molar-refractivity contribution in [3.8, 4) is 0 Å². The molecule has 3 nitrogen and oxygen atoms in total. The second kappa shape index (κ2) is 6.09. The Morgan fingerprint density at radius 1 is 1.67 bits per heavy atom. The second-order valence-electron chi connectivity index (χ2n) is 2.51. The number of aromatic nitrogens is 1. The van der Waals surface area contributed by atoms with Crippen molar-refractivity contribution in [3.63, 3.8) is 0 Å². The molecule has 0 saturated carbocycles. The van der Waals surface area contributed by atoms with Gasteiger partial charge in [-0.05, 0) is 28.1 Å². The summed E-state index contributed by atoms with van der Waals surface area (Å²) < 4.78 is 50.0. The molecule has 1 rings (SSSR count). The van der Waals surface area contributed by atoms with E-state index in [1.54, 1.807) is 0 Å². The Balaban J connectivity index is 2.83. The van der Waals surface area contributed by atoms with Gasteiger partial charge in [0.25, 0.3) is 0 Å². The van der Waals surface area contributed by atoms with E-state index in [0.717, 1.165) is 0 Å². The van der Waals surface area contributed by atoms with Crippen LogP contribution in [0.25, 0.3) is 0 Å². The normalized spacial score (nSPS) is 19.1. The molecule has 0 radical (unpaired) electrons. The van der Waals surface area contributed by atoms with Crippen LogP contribution in [0.15, 0.2) is 22.8 Å². The van der Waals surface area contributed by atoms with Gasteiger partial charge in [0.2, 0.25) is 0 Å². The summed E-state index contributed by atoms with van der Waals surface area (Å²) in [5.74, 6) is 0. The third kappa shape index (κ3) is 4.63. The van der Waals surface area contributed by atoms with Gasteiger partial charge in [0.1, 0.15) is 0 Å². The second-order valence-corrected chi connectivity index (χ2v) is 3.42. The maximum Gasteiger partial charge on any atom is 0.345 e. The van der Waals surface area contributed by atoms with E-state index in [1.807, 2.05) is 0 Å². The molecule has 0 aliphatic carbocycles. The van der Waals surface area contributed by atoms with Gasteiger partial charge in [0, 0.05) is 17.1 Å². The molecule has 0 spiro atoms. The molecule has 0 aromatic carbocycles. The molecule has 0 amide bonds. The van der Waals surface area contributed by atoms with Gasteiger partial charge in [0.15, 0.2) is 0 Å². The van der Waals surface area contributed by atoms with Crippen molar-refractivity contribution >= 4 is 15.9 Å². The minimum Gasteiger partial charge on any atom is -0.387 e.